The first-order valence-corrected chi connectivity index (χ1v) is 6.58. The van der Waals surface area contributed by atoms with Gasteiger partial charge in [-0.3, -0.25) is 4.79 Å². The summed E-state index contributed by atoms with van der Waals surface area (Å²) in [6.07, 6.45) is 0.707. The molecule has 0 fully saturated rings. The van der Waals surface area contributed by atoms with E-state index in [9.17, 15) is 9.18 Å². The van der Waals surface area contributed by atoms with Crippen molar-refractivity contribution in [2.45, 2.75) is 6.42 Å². The Labute approximate surface area is 122 Å². The quantitative estimate of drug-likeness (QED) is 0.888. The maximum atomic E-state index is 13.6. The van der Waals surface area contributed by atoms with Crippen molar-refractivity contribution in [1.29, 1.82) is 0 Å². The van der Waals surface area contributed by atoms with Gasteiger partial charge in [-0.15, -0.1) is 0 Å². The number of halogens is 1. The average molecular weight is 288 g/mol. The van der Waals surface area contributed by atoms with Crippen molar-refractivity contribution in [2.24, 2.45) is 5.73 Å². The summed E-state index contributed by atoms with van der Waals surface area (Å²) in [4.78, 5) is 12.1. The number of rotatable bonds is 5. The van der Waals surface area contributed by atoms with E-state index in [0.717, 1.165) is 5.56 Å². The molecule has 0 radical (unpaired) electrons. The molecular formula is C16H17FN2O2. The van der Waals surface area contributed by atoms with Crippen molar-refractivity contribution in [3.05, 3.63) is 59.4 Å². The highest BCUT2D eigenvalue weighted by Gasteiger charge is 2.09. The van der Waals surface area contributed by atoms with Crippen molar-refractivity contribution >= 4 is 11.6 Å². The van der Waals surface area contributed by atoms with Crippen molar-refractivity contribution in [1.82, 2.24) is 0 Å². The van der Waals surface area contributed by atoms with E-state index in [4.69, 9.17) is 10.5 Å². The van der Waals surface area contributed by atoms with Crippen molar-refractivity contribution in [2.75, 3.05) is 19.0 Å². The van der Waals surface area contributed by atoms with Crippen LogP contribution >= 0.6 is 0 Å². The van der Waals surface area contributed by atoms with Gasteiger partial charge in [-0.25, -0.2) is 4.39 Å². The third kappa shape index (κ3) is 3.79. The molecule has 0 aliphatic heterocycles. The second-order valence-electron chi connectivity index (χ2n) is 4.54. The molecule has 0 unspecified atom stereocenters. The molecule has 2 aromatic rings. The van der Waals surface area contributed by atoms with Crippen LogP contribution < -0.4 is 15.8 Å². The number of methoxy groups -OCH3 is 1. The molecule has 110 valence electrons. The van der Waals surface area contributed by atoms with Gasteiger partial charge in [0.05, 0.1) is 7.11 Å². The second-order valence-corrected chi connectivity index (χ2v) is 4.54. The van der Waals surface area contributed by atoms with Crippen LogP contribution in [0.5, 0.6) is 5.75 Å². The Morgan fingerprint density at radius 1 is 1.29 bits per heavy atom. The number of ether oxygens (including phenoxy) is 1. The van der Waals surface area contributed by atoms with Crippen molar-refractivity contribution in [3.63, 3.8) is 0 Å². The summed E-state index contributed by atoms with van der Waals surface area (Å²) in [6.45, 7) is 0.523. The zero-order valence-corrected chi connectivity index (χ0v) is 11.7. The van der Waals surface area contributed by atoms with E-state index in [1.807, 2.05) is 6.07 Å². The van der Waals surface area contributed by atoms with E-state index in [1.54, 1.807) is 24.3 Å². The molecule has 2 rings (SSSR count). The van der Waals surface area contributed by atoms with Gasteiger partial charge in [-0.1, -0.05) is 12.1 Å². The molecular weight excluding hydrogens is 271 g/mol. The van der Waals surface area contributed by atoms with Gasteiger partial charge in [-0.05, 0) is 42.8 Å². The van der Waals surface area contributed by atoms with Gasteiger partial charge in [0, 0.05) is 17.3 Å². The van der Waals surface area contributed by atoms with E-state index in [2.05, 4.69) is 5.32 Å². The van der Waals surface area contributed by atoms with Gasteiger partial charge in [0.15, 0.2) is 11.6 Å². The molecule has 4 nitrogen and oxygen atoms in total. The van der Waals surface area contributed by atoms with Crippen LogP contribution in [-0.4, -0.2) is 19.6 Å². The predicted molar refractivity (Wildman–Crippen MR) is 80.1 cm³/mol. The standard InChI is InChI=1S/C16H17FN2O2/c1-21-15-6-5-13(10-14(15)17)19-16(20)12-4-2-3-11(9-12)7-8-18/h2-6,9-10H,7-8,18H2,1H3,(H,19,20). The van der Waals surface area contributed by atoms with Gasteiger partial charge in [0.1, 0.15) is 0 Å². The summed E-state index contributed by atoms with van der Waals surface area (Å²) in [5, 5.41) is 2.65. The largest absolute Gasteiger partial charge is 0.494 e. The summed E-state index contributed by atoms with van der Waals surface area (Å²) in [5.74, 6) is -0.677. The summed E-state index contributed by atoms with van der Waals surface area (Å²) < 4.78 is 18.4. The fraction of sp³-hybridized carbons (Fsp3) is 0.188. The smallest absolute Gasteiger partial charge is 0.255 e. The molecule has 0 bridgehead atoms. The zero-order valence-electron chi connectivity index (χ0n) is 11.7. The molecule has 0 spiro atoms. The van der Waals surface area contributed by atoms with Crippen LogP contribution in [0.1, 0.15) is 15.9 Å². The number of benzene rings is 2. The van der Waals surface area contributed by atoms with Crippen LogP contribution in [0.4, 0.5) is 10.1 Å². The van der Waals surface area contributed by atoms with E-state index in [0.29, 0.717) is 24.2 Å². The number of carbonyl (C=O) groups is 1. The van der Waals surface area contributed by atoms with Crippen LogP contribution in [0, 0.1) is 5.82 Å². The Kier molecular flexibility index (Phi) is 4.90. The van der Waals surface area contributed by atoms with Crippen LogP contribution in [0.2, 0.25) is 0 Å². The number of amides is 1. The lowest BCUT2D eigenvalue weighted by atomic mass is 10.1. The zero-order chi connectivity index (χ0) is 15.2. The number of nitrogens with one attached hydrogen (secondary N) is 1. The molecule has 0 saturated carbocycles. The Bertz CT molecular complexity index is 644. The summed E-state index contributed by atoms with van der Waals surface area (Å²) >= 11 is 0. The molecule has 0 aliphatic carbocycles. The lowest BCUT2D eigenvalue weighted by molar-refractivity contribution is 0.102. The fourth-order valence-corrected chi connectivity index (χ4v) is 1.98. The number of hydrogen-bond donors (Lipinski definition) is 2. The van der Waals surface area contributed by atoms with Crippen LogP contribution in [-0.2, 0) is 6.42 Å². The predicted octanol–water partition coefficient (Wildman–Crippen LogP) is 2.59. The van der Waals surface area contributed by atoms with E-state index >= 15 is 0 Å². The first-order valence-electron chi connectivity index (χ1n) is 6.58. The van der Waals surface area contributed by atoms with Gasteiger partial charge < -0.3 is 15.8 Å². The molecule has 0 aromatic heterocycles. The normalized spacial score (nSPS) is 10.2. The molecule has 0 heterocycles. The van der Waals surface area contributed by atoms with E-state index in [1.165, 1.54) is 19.2 Å². The first-order chi connectivity index (χ1) is 10.1. The van der Waals surface area contributed by atoms with Gasteiger partial charge in [0.2, 0.25) is 0 Å². The van der Waals surface area contributed by atoms with Crippen LogP contribution in [0.25, 0.3) is 0 Å². The molecule has 5 heteroatoms. The second kappa shape index (κ2) is 6.85. The number of hydrogen-bond acceptors (Lipinski definition) is 3. The van der Waals surface area contributed by atoms with Gasteiger partial charge >= 0.3 is 0 Å². The summed E-state index contributed by atoms with van der Waals surface area (Å²) in [6, 6.07) is 11.5. The third-order valence-electron chi connectivity index (χ3n) is 3.03. The van der Waals surface area contributed by atoms with E-state index in [-0.39, 0.29) is 11.7 Å². The first kappa shape index (κ1) is 15.0. The molecule has 21 heavy (non-hydrogen) atoms. The molecule has 3 N–H and O–H groups in total. The molecule has 1 amide bonds. The summed E-state index contributed by atoms with van der Waals surface area (Å²) in [7, 11) is 1.39. The molecule has 2 aromatic carbocycles. The Morgan fingerprint density at radius 2 is 2.10 bits per heavy atom. The highest BCUT2D eigenvalue weighted by molar-refractivity contribution is 6.04. The average Bonchev–Trinajstić information content (AvgIpc) is 2.48. The van der Waals surface area contributed by atoms with Gasteiger partial charge in [-0.2, -0.15) is 0 Å². The molecule has 0 atom stereocenters. The lowest BCUT2D eigenvalue weighted by Gasteiger charge is -2.08. The molecule has 0 saturated heterocycles. The lowest BCUT2D eigenvalue weighted by Crippen LogP contribution is -2.13. The maximum absolute atomic E-state index is 13.6. The van der Waals surface area contributed by atoms with Crippen LogP contribution in [0.15, 0.2) is 42.5 Å². The van der Waals surface area contributed by atoms with E-state index < -0.39 is 5.82 Å². The SMILES string of the molecule is COc1ccc(NC(=O)c2cccc(CCN)c2)cc1F. The minimum atomic E-state index is -0.521. The number of carbonyl (C=O) groups excluding carboxylic acids is 1. The highest BCUT2D eigenvalue weighted by atomic mass is 19.1. The van der Waals surface area contributed by atoms with Crippen molar-refractivity contribution < 1.29 is 13.9 Å². The van der Waals surface area contributed by atoms with Crippen LogP contribution in [0.3, 0.4) is 0 Å². The summed E-state index contributed by atoms with van der Waals surface area (Å²) in [5.41, 5.74) is 7.38. The Balaban J connectivity index is 2.14. The van der Waals surface area contributed by atoms with Gasteiger partial charge in [0.25, 0.3) is 5.91 Å². The van der Waals surface area contributed by atoms with Crippen molar-refractivity contribution in [3.8, 4) is 5.75 Å². The Hall–Kier alpha value is -2.40. The minimum Gasteiger partial charge on any atom is -0.494 e. The Morgan fingerprint density at radius 3 is 2.76 bits per heavy atom. The monoisotopic (exact) mass is 288 g/mol. The third-order valence-corrected chi connectivity index (χ3v) is 3.03. The molecule has 0 aliphatic rings. The topological polar surface area (TPSA) is 64.3 Å². The fourth-order valence-electron chi connectivity index (χ4n) is 1.98. The minimum absolute atomic E-state index is 0.137. The number of anilines is 1. The number of nitrogens with two attached hydrogens (primary N) is 1. The highest BCUT2D eigenvalue weighted by Crippen LogP contribution is 2.21. The maximum Gasteiger partial charge on any atom is 0.255 e.